The Morgan fingerprint density at radius 2 is 1.77 bits per heavy atom. The maximum atomic E-state index is 4.36. The minimum atomic E-state index is -1.39. The van der Waals surface area contributed by atoms with Gasteiger partial charge >= 0.3 is 0 Å². The van der Waals surface area contributed by atoms with E-state index in [9.17, 15) is 0 Å². The zero-order valence-corrected chi connectivity index (χ0v) is 15.4. The number of rotatable bonds is 5. The number of nitrogens with zero attached hydrogens (tertiary/aromatic N) is 1. The Kier molecular flexibility index (Phi) is 4.72. The molecule has 1 saturated carbocycles. The fourth-order valence-corrected chi connectivity index (χ4v) is 8.45. The molecule has 2 heterocycles. The average Bonchev–Trinajstić information content (AvgIpc) is 2.98. The van der Waals surface area contributed by atoms with E-state index in [1.807, 2.05) is 12.4 Å². The highest BCUT2D eigenvalue weighted by Crippen LogP contribution is 2.37. The second-order valence-electron chi connectivity index (χ2n) is 7.01. The molecule has 0 bridgehead atoms. The van der Waals surface area contributed by atoms with E-state index in [-0.39, 0.29) is 0 Å². The molecule has 1 N–H and O–H groups in total. The van der Waals surface area contributed by atoms with Crippen molar-refractivity contribution in [2.75, 3.05) is 0 Å². The highest BCUT2D eigenvalue weighted by atomic mass is 28.3. The number of hydrogen-bond donors (Lipinski definition) is 1. The Bertz CT molecular complexity index is 613. The largest absolute Gasteiger partial charge is 0.361 e. The third-order valence-electron chi connectivity index (χ3n) is 6.21. The Balaban J connectivity index is 2.19. The maximum Gasteiger partial charge on any atom is 0.107 e. The Morgan fingerprint density at radius 3 is 2.41 bits per heavy atom. The fraction of sp³-hybridized carbons (Fsp3) is 0.632. The standard InChI is InChI=1S/C19H30N2Si/c1-4-22(5-2,6-3)19-18(15-10-8-7-9-11-15)16-12-13-20-14-17(16)21-19/h12-15,21H,4-11H2,1-3H3. The van der Waals surface area contributed by atoms with Crippen molar-refractivity contribution in [3.8, 4) is 0 Å². The van der Waals surface area contributed by atoms with Gasteiger partial charge in [-0.15, -0.1) is 0 Å². The number of pyridine rings is 1. The number of aromatic amines is 1. The molecular weight excluding hydrogens is 284 g/mol. The van der Waals surface area contributed by atoms with Crippen molar-refractivity contribution in [1.82, 2.24) is 9.97 Å². The first-order valence-electron chi connectivity index (χ1n) is 9.21. The highest BCUT2D eigenvalue weighted by molar-refractivity contribution is 6.91. The smallest absolute Gasteiger partial charge is 0.107 e. The Hall–Kier alpha value is -1.09. The zero-order chi connectivity index (χ0) is 15.6. The van der Waals surface area contributed by atoms with E-state index in [0.717, 1.165) is 5.92 Å². The van der Waals surface area contributed by atoms with Crippen LogP contribution >= 0.6 is 0 Å². The van der Waals surface area contributed by atoms with Gasteiger partial charge in [-0.05, 0) is 30.4 Å². The monoisotopic (exact) mass is 314 g/mol. The van der Waals surface area contributed by atoms with Crippen molar-refractivity contribution in [3.63, 3.8) is 0 Å². The van der Waals surface area contributed by atoms with Gasteiger partial charge in [0.25, 0.3) is 0 Å². The first-order chi connectivity index (χ1) is 10.8. The van der Waals surface area contributed by atoms with Crippen LogP contribution in [0.3, 0.4) is 0 Å². The van der Waals surface area contributed by atoms with E-state index in [2.05, 4.69) is 36.8 Å². The van der Waals surface area contributed by atoms with Crippen LogP contribution < -0.4 is 5.32 Å². The van der Waals surface area contributed by atoms with E-state index < -0.39 is 8.07 Å². The molecule has 2 aromatic heterocycles. The lowest BCUT2D eigenvalue weighted by atomic mass is 9.84. The molecule has 0 atom stereocenters. The molecule has 0 spiro atoms. The molecule has 120 valence electrons. The van der Waals surface area contributed by atoms with Crippen LogP contribution in [0.15, 0.2) is 18.5 Å². The van der Waals surface area contributed by atoms with Crippen molar-refractivity contribution >= 4 is 24.3 Å². The molecule has 1 fully saturated rings. The highest BCUT2D eigenvalue weighted by Gasteiger charge is 2.36. The SMILES string of the molecule is CC[Si](CC)(CC)c1[nH]c2cnccc2c1C1CCCCC1. The van der Waals surface area contributed by atoms with Crippen LogP contribution in [0.5, 0.6) is 0 Å². The molecule has 2 aromatic rings. The molecule has 1 aliphatic rings. The molecule has 22 heavy (non-hydrogen) atoms. The number of H-pyrrole nitrogens is 1. The summed E-state index contributed by atoms with van der Waals surface area (Å²) in [7, 11) is -1.39. The molecule has 0 radical (unpaired) electrons. The summed E-state index contributed by atoms with van der Waals surface area (Å²) in [5, 5.41) is 3.12. The number of hydrogen-bond acceptors (Lipinski definition) is 1. The van der Waals surface area contributed by atoms with Crippen LogP contribution in [0.4, 0.5) is 0 Å². The lowest BCUT2D eigenvalue weighted by molar-refractivity contribution is 0.446. The lowest BCUT2D eigenvalue weighted by Gasteiger charge is -2.32. The molecule has 0 amide bonds. The normalized spacial score (nSPS) is 17.2. The predicted octanol–water partition coefficient (Wildman–Crippen LogP) is 5.33. The molecule has 3 rings (SSSR count). The van der Waals surface area contributed by atoms with Gasteiger partial charge in [0.1, 0.15) is 8.07 Å². The van der Waals surface area contributed by atoms with Gasteiger partial charge in [0.2, 0.25) is 0 Å². The van der Waals surface area contributed by atoms with Gasteiger partial charge in [-0.3, -0.25) is 4.98 Å². The molecule has 0 saturated heterocycles. The maximum absolute atomic E-state index is 4.36. The van der Waals surface area contributed by atoms with E-state index in [1.165, 1.54) is 61.1 Å². The zero-order valence-electron chi connectivity index (χ0n) is 14.4. The number of nitrogens with one attached hydrogen (secondary N) is 1. The molecule has 0 unspecified atom stereocenters. The summed E-state index contributed by atoms with van der Waals surface area (Å²) in [5.41, 5.74) is 2.96. The van der Waals surface area contributed by atoms with Gasteiger partial charge in [-0.1, -0.05) is 58.2 Å². The second-order valence-corrected chi connectivity index (χ2v) is 12.2. The summed E-state index contributed by atoms with van der Waals surface area (Å²) in [6.45, 7) is 7.23. The van der Waals surface area contributed by atoms with E-state index in [4.69, 9.17) is 0 Å². The predicted molar refractivity (Wildman–Crippen MR) is 98.8 cm³/mol. The first kappa shape index (κ1) is 15.8. The van der Waals surface area contributed by atoms with E-state index >= 15 is 0 Å². The molecule has 2 nitrogen and oxygen atoms in total. The van der Waals surface area contributed by atoms with E-state index in [1.54, 1.807) is 10.9 Å². The van der Waals surface area contributed by atoms with Crippen LogP contribution in [0.25, 0.3) is 10.9 Å². The second kappa shape index (κ2) is 6.57. The summed E-state index contributed by atoms with van der Waals surface area (Å²) in [6.07, 6.45) is 11.0. The molecule has 1 aliphatic carbocycles. The van der Waals surface area contributed by atoms with Crippen LogP contribution in [0.2, 0.25) is 18.1 Å². The van der Waals surface area contributed by atoms with Crippen molar-refractivity contribution in [3.05, 3.63) is 24.0 Å². The van der Waals surface area contributed by atoms with Crippen LogP contribution in [0.1, 0.15) is 64.4 Å². The van der Waals surface area contributed by atoms with Gasteiger partial charge in [0.15, 0.2) is 0 Å². The average molecular weight is 315 g/mol. The summed E-state index contributed by atoms with van der Waals surface area (Å²) >= 11 is 0. The number of aromatic nitrogens is 2. The lowest BCUT2D eigenvalue weighted by Crippen LogP contribution is -2.48. The number of fused-ring (bicyclic) bond motifs is 1. The van der Waals surface area contributed by atoms with Crippen molar-refractivity contribution in [1.29, 1.82) is 0 Å². The quantitative estimate of drug-likeness (QED) is 0.743. The van der Waals surface area contributed by atoms with Crippen molar-refractivity contribution in [2.45, 2.75) is 76.9 Å². The van der Waals surface area contributed by atoms with Gasteiger partial charge in [0, 0.05) is 16.9 Å². The van der Waals surface area contributed by atoms with Gasteiger partial charge in [-0.25, -0.2) is 0 Å². The first-order valence-corrected chi connectivity index (χ1v) is 11.8. The Morgan fingerprint density at radius 1 is 1.09 bits per heavy atom. The minimum absolute atomic E-state index is 0.774. The van der Waals surface area contributed by atoms with Gasteiger partial charge in [-0.2, -0.15) is 0 Å². The van der Waals surface area contributed by atoms with Crippen LogP contribution in [0, 0.1) is 0 Å². The third kappa shape index (κ3) is 2.53. The molecule has 0 aromatic carbocycles. The summed E-state index contributed by atoms with van der Waals surface area (Å²) in [6, 6.07) is 6.29. The minimum Gasteiger partial charge on any atom is -0.361 e. The summed E-state index contributed by atoms with van der Waals surface area (Å²) in [5.74, 6) is 0.774. The molecule has 3 heteroatoms. The van der Waals surface area contributed by atoms with E-state index in [0.29, 0.717) is 0 Å². The van der Waals surface area contributed by atoms with Crippen LogP contribution in [-0.4, -0.2) is 18.0 Å². The fourth-order valence-electron chi connectivity index (χ4n) is 4.58. The summed E-state index contributed by atoms with van der Waals surface area (Å²) in [4.78, 5) is 8.21. The molecular formula is C19H30N2Si. The van der Waals surface area contributed by atoms with Crippen molar-refractivity contribution < 1.29 is 0 Å². The topological polar surface area (TPSA) is 28.7 Å². The van der Waals surface area contributed by atoms with Gasteiger partial charge in [0.05, 0.1) is 11.7 Å². The molecule has 0 aliphatic heterocycles. The Labute approximate surface area is 135 Å². The van der Waals surface area contributed by atoms with Crippen LogP contribution in [-0.2, 0) is 0 Å². The third-order valence-corrected chi connectivity index (χ3v) is 11.7. The summed E-state index contributed by atoms with van der Waals surface area (Å²) < 4.78 is 0. The van der Waals surface area contributed by atoms with Gasteiger partial charge < -0.3 is 4.98 Å². The van der Waals surface area contributed by atoms with Crippen molar-refractivity contribution in [2.24, 2.45) is 0 Å².